The van der Waals surface area contributed by atoms with Gasteiger partial charge in [-0.25, -0.2) is 0 Å². The van der Waals surface area contributed by atoms with E-state index in [0.29, 0.717) is 0 Å². The second kappa shape index (κ2) is 4.50. The number of rotatable bonds is 2. The maximum atomic E-state index is 6.27. The molecule has 1 nitrogen and oxygen atoms in total. The molecule has 0 unspecified atom stereocenters. The predicted molar refractivity (Wildman–Crippen MR) is 68.4 cm³/mol. The Morgan fingerprint density at radius 2 is 1.62 bits per heavy atom. The van der Waals surface area contributed by atoms with Gasteiger partial charge in [0.1, 0.15) is 0 Å². The van der Waals surface area contributed by atoms with E-state index in [0.717, 1.165) is 5.56 Å². The second-order valence-corrected chi connectivity index (χ2v) is 4.25. The molecule has 0 radical (unpaired) electrons. The molecule has 1 atom stereocenters. The van der Waals surface area contributed by atoms with Gasteiger partial charge < -0.3 is 5.73 Å². The lowest BCUT2D eigenvalue weighted by molar-refractivity contribution is 0.861. The Bertz CT molecular complexity index is 474. The van der Waals surface area contributed by atoms with Crippen molar-refractivity contribution in [2.45, 2.75) is 19.9 Å². The lowest BCUT2D eigenvalue weighted by Gasteiger charge is -2.15. The largest absolute Gasteiger partial charge is 0.320 e. The molecular weight excluding hydrogens is 194 g/mol. The molecule has 0 heterocycles. The van der Waals surface area contributed by atoms with Crippen LogP contribution in [0, 0.1) is 13.8 Å². The Labute approximate surface area is 96.9 Å². The summed E-state index contributed by atoms with van der Waals surface area (Å²) >= 11 is 0. The highest BCUT2D eigenvalue weighted by atomic mass is 14.6. The van der Waals surface area contributed by atoms with Crippen LogP contribution in [0.4, 0.5) is 0 Å². The van der Waals surface area contributed by atoms with Crippen molar-refractivity contribution in [2.75, 3.05) is 0 Å². The van der Waals surface area contributed by atoms with Gasteiger partial charge in [-0.3, -0.25) is 0 Å². The van der Waals surface area contributed by atoms with Gasteiger partial charge >= 0.3 is 0 Å². The summed E-state index contributed by atoms with van der Waals surface area (Å²) in [6.45, 7) is 4.22. The van der Waals surface area contributed by atoms with Gasteiger partial charge in [0.25, 0.3) is 0 Å². The molecular formula is C15H17N. The van der Waals surface area contributed by atoms with Crippen LogP contribution in [0.1, 0.15) is 28.3 Å². The van der Waals surface area contributed by atoms with Gasteiger partial charge in [-0.05, 0) is 30.5 Å². The van der Waals surface area contributed by atoms with E-state index >= 15 is 0 Å². The third-order valence-corrected chi connectivity index (χ3v) is 2.92. The quantitative estimate of drug-likeness (QED) is 0.810. The van der Waals surface area contributed by atoms with Gasteiger partial charge in [0.2, 0.25) is 0 Å². The van der Waals surface area contributed by atoms with E-state index < -0.39 is 0 Å². The van der Waals surface area contributed by atoms with E-state index in [-0.39, 0.29) is 6.04 Å². The highest BCUT2D eigenvalue weighted by molar-refractivity contribution is 5.38. The van der Waals surface area contributed by atoms with E-state index in [2.05, 4.69) is 44.2 Å². The van der Waals surface area contributed by atoms with Crippen molar-refractivity contribution in [1.82, 2.24) is 0 Å². The van der Waals surface area contributed by atoms with Crippen LogP contribution in [0.5, 0.6) is 0 Å². The molecule has 82 valence electrons. The molecule has 0 bridgehead atoms. The first-order valence-electron chi connectivity index (χ1n) is 5.56. The summed E-state index contributed by atoms with van der Waals surface area (Å²) in [6.07, 6.45) is 0. The first-order chi connectivity index (χ1) is 7.68. The first-order valence-corrected chi connectivity index (χ1v) is 5.56. The van der Waals surface area contributed by atoms with Gasteiger partial charge in [-0.15, -0.1) is 0 Å². The van der Waals surface area contributed by atoms with Crippen molar-refractivity contribution < 1.29 is 0 Å². The third-order valence-electron chi connectivity index (χ3n) is 2.92. The first kappa shape index (κ1) is 10.9. The van der Waals surface area contributed by atoms with Crippen LogP contribution in [-0.2, 0) is 0 Å². The summed E-state index contributed by atoms with van der Waals surface area (Å²) in [6, 6.07) is 16.6. The van der Waals surface area contributed by atoms with Crippen LogP contribution < -0.4 is 5.73 Å². The van der Waals surface area contributed by atoms with Gasteiger partial charge in [0, 0.05) is 0 Å². The number of nitrogens with two attached hydrogens (primary N) is 1. The minimum absolute atomic E-state index is 0.0261. The normalized spacial score (nSPS) is 12.4. The van der Waals surface area contributed by atoms with Crippen molar-refractivity contribution in [3.05, 3.63) is 70.8 Å². The van der Waals surface area contributed by atoms with Crippen LogP contribution >= 0.6 is 0 Å². The SMILES string of the molecule is Cc1ccc([C@@H](N)c2ccccc2)c(C)c1. The van der Waals surface area contributed by atoms with Crippen LogP contribution in [0.25, 0.3) is 0 Å². The van der Waals surface area contributed by atoms with Crippen molar-refractivity contribution in [1.29, 1.82) is 0 Å². The molecule has 0 spiro atoms. The van der Waals surface area contributed by atoms with Crippen LogP contribution in [0.2, 0.25) is 0 Å². The van der Waals surface area contributed by atoms with Crippen LogP contribution in [0.3, 0.4) is 0 Å². The third kappa shape index (κ3) is 2.15. The molecule has 0 saturated carbocycles. The van der Waals surface area contributed by atoms with E-state index in [4.69, 9.17) is 5.73 Å². The van der Waals surface area contributed by atoms with Crippen molar-refractivity contribution in [3.63, 3.8) is 0 Å². The van der Waals surface area contributed by atoms with Crippen molar-refractivity contribution in [2.24, 2.45) is 5.73 Å². The minimum atomic E-state index is -0.0261. The Morgan fingerprint density at radius 1 is 0.938 bits per heavy atom. The smallest absolute Gasteiger partial charge is 0.0554 e. The Balaban J connectivity index is 2.38. The average Bonchev–Trinajstić information content (AvgIpc) is 2.29. The maximum Gasteiger partial charge on any atom is 0.0554 e. The topological polar surface area (TPSA) is 26.0 Å². The summed E-state index contributed by atoms with van der Waals surface area (Å²) in [7, 11) is 0. The molecule has 0 aliphatic carbocycles. The lowest BCUT2D eigenvalue weighted by atomic mass is 9.95. The lowest BCUT2D eigenvalue weighted by Crippen LogP contribution is -2.13. The molecule has 0 saturated heterocycles. The molecule has 1 heteroatoms. The monoisotopic (exact) mass is 211 g/mol. The molecule has 0 aliphatic rings. The summed E-state index contributed by atoms with van der Waals surface area (Å²) in [5.74, 6) is 0. The van der Waals surface area contributed by atoms with Crippen molar-refractivity contribution in [3.8, 4) is 0 Å². The van der Waals surface area contributed by atoms with E-state index in [1.54, 1.807) is 0 Å². The average molecular weight is 211 g/mol. The molecule has 2 aromatic carbocycles. The Morgan fingerprint density at radius 3 is 2.25 bits per heavy atom. The van der Waals surface area contributed by atoms with Gasteiger partial charge in [0.15, 0.2) is 0 Å². The van der Waals surface area contributed by atoms with Gasteiger partial charge in [-0.2, -0.15) is 0 Å². The standard InChI is InChI=1S/C15H17N/c1-11-8-9-14(12(2)10-11)15(16)13-6-4-3-5-7-13/h3-10,15H,16H2,1-2H3/t15-/m0/s1. The zero-order valence-electron chi connectivity index (χ0n) is 9.77. The summed E-state index contributed by atoms with van der Waals surface area (Å²) in [4.78, 5) is 0. The summed E-state index contributed by atoms with van der Waals surface area (Å²) in [5.41, 5.74) is 11.2. The van der Waals surface area contributed by atoms with Crippen molar-refractivity contribution >= 4 is 0 Å². The molecule has 2 N–H and O–H groups in total. The number of hydrogen-bond acceptors (Lipinski definition) is 1. The highest BCUT2D eigenvalue weighted by Gasteiger charge is 2.10. The van der Waals surface area contributed by atoms with E-state index in [1.807, 2.05) is 18.2 Å². The maximum absolute atomic E-state index is 6.27. The molecule has 2 rings (SSSR count). The number of benzene rings is 2. The summed E-state index contributed by atoms with van der Waals surface area (Å²) in [5, 5.41) is 0. The number of hydrogen-bond donors (Lipinski definition) is 1. The number of aryl methyl sites for hydroxylation is 2. The van der Waals surface area contributed by atoms with Crippen LogP contribution in [0.15, 0.2) is 48.5 Å². The molecule has 0 amide bonds. The predicted octanol–water partition coefficient (Wildman–Crippen LogP) is 3.35. The highest BCUT2D eigenvalue weighted by Crippen LogP contribution is 2.22. The van der Waals surface area contributed by atoms with Gasteiger partial charge in [0.05, 0.1) is 6.04 Å². The minimum Gasteiger partial charge on any atom is -0.320 e. The second-order valence-electron chi connectivity index (χ2n) is 4.25. The van der Waals surface area contributed by atoms with E-state index in [1.165, 1.54) is 16.7 Å². The van der Waals surface area contributed by atoms with Crippen LogP contribution in [-0.4, -0.2) is 0 Å². The molecule has 16 heavy (non-hydrogen) atoms. The molecule has 0 aromatic heterocycles. The van der Waals surface area contributed by atoms with E-state index in [9.17, 15) is 0 Å². The molecule has 2 aromatic rings. The Kier molecular flexibility index (Phi) is 3.07. The fourth-order valence-corrected chi connectivity index (χ4v) is 2.01. The fraction of sp³-hybridized carbons (Fsp3) is 0.200. The van der Waals surface area contributed by atoms with Gasteiger partial charge in [-0.1, -0.05) is 54.1 Å². The Hall–Kier alpha value is -1.60. The summed E-state index contributed by atoms with van der Waals surface area (Å²) < 4.78 is 0. The zero-order chi connectivity index (χ0) is 11.5. The fourth-order valence-electron chi connectivity index (χ4n) is 2.01. The zero-order valence-corrected chi connectivity index (χ0v) is 9.77. The molecule has 0 fully saturated rings. The molecule has 0 aliphatic heterocycles.